The van der Waals surface area contributed by atoms with Gasteiger partial charge in [-0.1, -0.05) is 19.1 Å². The van der Waals surface area contributed by atoms with Crippen LogP contribution in [0.15, 0.2) is 29.2 Å². The predicted octanol–water partition coefficient (Wildman–Crippen LogP) is 1.02. The van der Waals surface area contributed by atoms with Gasteiger partial charge in [0.05, 0.1) is 6.04 Å². The highest BCUT2D eigenvalue weighted by Gasteiger charge is 2.23. The van der Waals surface area contributed by atoms with Crippen LogP contribution >= 0.6 is 0 Å². The number of carbonyl (C=O) groups is 1. The average molecular weight is 288 g/mol. The summed E-state index contributed by atoms with van der Waals surface area (Å²) < 4.78 is 39.4. The summed E-state index contributed by atoms with van der Waals surface area (Å²) in [6.07, 6.45) is 0.749. The first-order valence-electron chi connectivity index (χ1n) is 5.93. The Balaban J connectivity index is 2.81. The minimum Gasteiger partial charge on any atom is -0.355 e. The Morgan fingerprint density at radius 2 is 2.00 bits per heavy atom. The van der Waals surface area contributed by atoms with E-state index in [1.165, 1.54) is 19.1 Å². The van der Waals surface area contributed by atoms with Crippen LogP contribution in [-0.2, 0) is 14.8 Å². The summed E-state index contributed by atoms with van der Waals surface area (Å²) in [5, 5.41) is 2.56. The molecular formula is C12H17FN2O3S. The predicted molar refractivity (Wildman–Crippen MR) is 69.5 cm³/mol. The van der Waals surface area contributed by atoms with Gasteiger partial charge in [0.2, 0.25) is 15.9 Å². The zero-order valence-electron chi connectivity index (χ0n) is 10.8. The molecule has 7 heteroatoms. The lowest BCUT2D eigenvalue weighted by atomic mass is 10.3. The van der Waals surface area contributed by atoms with Crippen LogP contribution < -0.4 is 10.0 Å². The van der Waals surface area contributed by atoms with Gasteiger partial charge in [-0.2, -0.15) is 4.72 Å². The van der Waals surface area contributed by atoms with Crippen LogP contribution in [0.4, 0.5) is 4.39 Å². The van der Waals surface area contributed by atoms with Crippen molar-refractivity contribution in [2.45, 2.75) is 31.2 Å². The molecule has 1 amide bonds. The summed E-state index contributed by atoms with van der Waals surface area (Å²) in [6, 6.07) is 4.05. The first kappa shape index (κ1) is 15.6. The highest BCUT2D eigenvalue weighted by atomic mass is 32.2. The fourth-order valence-electron chi connectivity index (χ4n) is 1.41. The van der Waals surface area contributed by atoms with Gasteiger partial charge in [0, 0.05) is 6.54 Å². The lowest BCUT2D eigenvalue weighted by Gasteiger charge is -2.14. The van der Waals surface area contributed by atoms with Gasteiger partial charge in [-0.05, 0) is 25.5 Å². The Kier molecular flexibility index (Phi) is 5.44. The maximum atomic E-state index is 13.4. The smallest absolute Gasteiger partial charge is 0.244 e. The van der Waals surface area contributed by atoms with Gasteiger partial charge < -0.3 is 5.32 Å². The Morgan fingerprint density at radius 3 is 2.58 bits per heavy atom. The first-order chi connectivity index (χ1) is 8.88. The summed E-state index contributed by atoms with van der Waals surface area (Å²) in [7, 11) is -4.05. The van der Waals surface area contributed by atoms with Gasteiger partial charge in [-0.15, -0.1) is 0 Å². The van der Waals surface area contributed by atoms with Crippen molar-refractivity contribution in [3.8, 4) is 0 Å². The highest BCUT2D eigenvalue weighted by molar-refractivity contribution is 7.89. The van der Waals surface area contributed by atoms with Crippen molar-refractivity contribution in [1.29, 1.82) is 0 Å². The zero-order chi connectivity index (χ0) is 14.5. The molecule has 0 saturated heterocycles. The molecule has 2 N–H and O–H groups in total. The Morgan fingerprint density at radius 1 is 1.37 bits per heavy atom. The molecule has 1 aromatic rings. The molecule has 1 rings (SSSR count). The molecular weight excluding hydrogens is 271 g/mol. The van der Waals surface area contributed by atoms with Crippen molar-refractivity contribution in [1.82, 2.24) is 10.0 Å². The van der Waals surface area contributed by atoms with Gasteiger partial charge in [0.25, 0.3) is 0 Å². The molecule has 0 heterocycles. The van der Waals surface area contributed by atoms with E-state index in [0.29, 0.717) is 6.54 Å². The third-order valence-electron chi connectivity index (χ3n) is 2.40. The number of rotatable bonds is 6. The van der Waals surface area contributed by atoms with Crippen LogP contribution in [0.1, 0.15) is 20.3 Å². The van der Waals surface area contributed by atoms with Gasteiger partial charge in [0.1, 0.15) is 10.7 Å². The molecule has 1 aromatic carbocycles. The second-order valence-corrected chi connectivity index (χ2v) is 5.75. The number of hydrogen-bond donors (Lipinski definition) is 2. The molecule has 0 bridgehead atoms. The number of amides is 1. The zero-order valence-corrected chi connectivity index (χ0v) is 11.6. The van der Waals surface area contributed by atoms with Gasteiger partial charge in [-0.25, -0.2) is 12.8 Å². The standard InChI is InChI=1S/C12H17FN2O3S/c1-3-8-14-12(16)9(2)15-19(17,18)11-7-5-4-6-10(11)13/h4-7,9,15H,3,8H2,1-2H3,(H,14,16)/t9-/m1/s1. The summed E-state index contributed by atoms with van der Waals surface area (Å²) in [6.45, 7) is 3.75. The van der Waals surface area contributed by atoms with Crippen molar-refractivity contribution in [2.24, 2.45) is 0 Å². The minimum absolute atomic E-state index is 0.443. The fourth-order valence-corrected chi connectivity index (χ4v) is 2.70. The van der Waals surface area contributed by atoms with Crippen LogP contribution in [0.2, 0.25) is 0 Å². The lowest BCUT2D eigenvalue weighted by Crippen LogP contribution is -2.45. The molecule has 5 nitrogen and oxygen atoms in total. The molecule has 0 aliphatic carbocycles. The summed E-state index contributed by atoms with van der Waals surface area (Å²) >= 11 is 0. The van der Waals surface area contributed by atoms with E-state index >= 15 is 0 Å². The van der Waals surface area contributed by atoms with Crippen LogP contribution in [0.5, 0.6) is 0 Å². The third kappa shape index (κ3) is 4.29. The summed E-state index contributed by atoms with van der Waals surface area (Å²) in [5.41, 5.74) is 0. The van der Waals surface area contributed by atoms with Gasteiger partial charge >= 0.3 is 0 Å². The van der Waals surface area contributed by atoms with E-state index in [4.69, 9.17) is 0 Å². The molecule has 0 saturated carbocycles. The van der Waals surface area contributed by atoms with E-state index in [0.717, 1.165) is 18.6 Å². The van der Waals surface area contributed by atoms with Crippen LogP contribution in [-0.4, -0.2) is 26.9 Å². The maximum absolute atomic E-state index is 13.4. The largest absolute Gasteiger partial charge is 0.355 e. The molecule has 0 fully saturated rings. The third-order valence-corrected chi connectivity index (χ3v) is 3.97. The Hall–Kier alpha value is -1.47. The summed E-state index contributed by atoms with van der Waals surface area (Å²) in [4.78, 5) is 11.1. The molecule has 0 radical (unpaired) electrons. The van der Waals surface area contributed by atoms with E-state index in [-0.39, 0.29) is 0 Å². The van der Waals surface area contributed by atoms with Crippen LogP contribution in [0.3, 0.4) is 0 Å². The topological polar surface area (TPSA) is 75.3 Å². The number of benzene rings is 1. The average Bonchev–Trinajstić information content (AvgIpc) is 2.35. The number of nitrogens with one attached hydrogen (secondary N) is 2. The van der Waals surface area contributed by atoms with Gasteiger partial charge in [-0.3, -0.25) is 4.79 Å². The van der Waals surface area contributed by atoms with Crippen molar-refractivity contribution in [3.05, 3.63) is 30.1 Å². The van der Waals surface area contributed by atoms with Crippen molar-refractivity contribution >= 4 is 15.9 Å². The van der Waals surface area contributed by atoms with Gasteiger partial charge in [0.15, 0.2) is 0 Å². The van der Waals surface area contributed by atoms with E-state index in [1.54, 1.807) is 0 Å². The Labute approximate surface area is 112 Å². The second kappa shape index (κ2) is 6.63. The number of hydrogen-bond acceptors (Lipinski definition) is 3. The molecule has 0 unspecified atom stereocenters. The molecule has 0 aliphatic rings. The maximum Gasteiger partial charge on any atom is 0.244 e. The van der Waals surface area contributed by atoms with Crippen molar-refractivity contribution < 1.29 is 17.6 Å². The summed E-state index contributed by atoms with van der Waals surface area (Å²) in [5.74, 6) is -1.29. The SMILES string of the molecule is CCCNC(=O)[C@@H](C)NS(=O)(=O)c1ccccc1F. The quantitative estimate of drug-likeness (QED) is 0.820. The molecule has 1 atom stereocenters. The van der Waals surface area contributed by atoms with Crippen LogP contribution in [0, 0.1) is 5.82 Å². The Bertz CT molecular complexity index is 546. The minimum atomic E-state index is -4.05. The van der Waals surface area contributed by atoms with Crippen LogP contribution in [0.25, 0.3) is 0 Å². The van der Waals surface area contributed by atoms with Crippen molar-refractivity contribution in [2.75, 3.05) is 6.54 Å². The molecule has 0 aromatic heterocycles. The lowest BCUT2D eigenvalue weighted by molar-refractivity contribution is -0.122. The van der Waals surface area contributed by atoms with E-state index in [9.17, 15) is 17.6 Å². The van der Waals surface area contributed by atoms with E-state index in [1.807, 2.05) is 6.92 Å². The first-order valence-corrected chi connectivity index (χ1v) is 7.41. The monoisotopic (exact) mass is 288 g/mol. The highest BCUT2D eigenvalue weighted by Crippen LogP contribution is 2.13. The van der Waals surface area contributed by atoms with Crippen molar-refractivity contribution in [3.63, 3.8) is 0 Å². The fraction of sp³-hybridized carbons (Fsp3) is 0.417. The van der Waals surface area contributed by atoms with E-state index < -0.39 is 32.7 Å². The normalized spacial score (nSPS) is 13.0. The number of carbonyl (C=O) groups excluding carboxylic acids is 1. The van der Waals surface area contributed by atoms with E-state index in [2.05, 4.69) is 10.0 Å². The molecule has 106 valence electrons. The second-order valence-electron chi connectivity index (χ2n) is 4.06. The number of halogens is 1. The number of sulfonamides is 1. The molecule has 0 spiro atoms. The molecule has 19 heavy (non-hydrogen) atoms. The molecule has 0 aliphatic heterocycles.